The van der Waals surface area contributed by atoms with Gasteiger partial charge < -0.3 is 4.90 Å². The van der Waals surface area contributed by atoms with Crippen LogP contribution in [0.1, 0.15) is 29.8 Å². The number of rotatable bonds is 8. The van der Waals surface area contributed by atoms with Crippen LogP contribution in [0, 0.1) is 13.8 Å². The number of sulfone groups is 1. The summed E-state index contributed by atoms with van der Waals surface area (Å²) in [6.07, 6.45) is 3.07. The molecule has 0 saturated carbocycles. The highest BCUT2D eigenvalue weighted by molar-refractivity contribution is 8.00. The van der Waals surface area contributed by atoms with Crippen molar-refractivity contribution in [3.05, 3.63) is 59.5 Å². The molecular weight excluding hydrogens is 446 g/mol. The predicted octanol–water partition coefficient (Wildman–Crippen LogP) is 2.97. The molecule has 1 aliphatic heterocycles. The maximum atomic E-state index is 12.9. The normalized spacial score (nSPS) is 14.3. The summed E-state index contributed by atoms with van der Waals surface area (Å²) in [5.74, 6) is 1.66. The van der Waals surface area contributed by atoms with E-state index in [1.165, 1.54) is 11.8 Å². The lowest BCUT2D eigenvalue weighted by Crippen LogP contribution is -2.25. The Balaban J connectivity index is 1.54. The van der Waals surface area contributed by atoms with Crippen molar-refractivity contribution in [1.29, 1.82) is 0 Å². The number of hydrogen-bond donors (Lipinski definition) is 0. The first-order chi connectivity index (χ1) is 15.3. The van der Waals surface area contributed by atoms with E-state index in [0.29, 0.717) is 47.0 Å². The van der Waals surface area contributed by atoms with Crippen molar-refractivity contribution in [3.63, 3.8) is 0 Å². The van der Waals surface area contributed by atoms with Crippen molar-refractivity contribution in [2.75, 3.05) is 18.1 Å². The van der Waals surface area contributed by atoms with E-state index >= 15 is 0 Å². The molecular formula is C22H25N5O3S2. The predicted molar refractivity (Wildman–Crippen MR) is 122 cm³/mol. The van der Waals surface area contributed by atoms with E-state index in [1.54, 1.807) is 21.7 Å². The summed E-state index contributed by atoms with van der Waals surface area (Å²) in [5.41, 5.74) is 1.66. The van der Waals surface area contributed by atoms with Crippen LogP contribution in [0.25, 0.3) is 5.82 Å². The highest BCUT2D eigenvalue weighted by Gasteiger charge is 2.25. The third-order valence-corrected chi connectivity index (χ3v) is 8.38. The van der Waals surface area contributed by atoms with E-state index in [9.17, 15) is 13.2 Å². The van der Waals surface area contributed by atoms with Crippen LogP contribution in [0.2, 0.25) is 0 Å². The van der Waals surface area contributed by atoms with Gasteiger partial charge in [0.1, 0.15) is 5.82 Å². The number of likely N-dealkylation sites (tertiary alicyclic amines) is 1. The molecule has 0 spiro atoms. The van der Waals surface area contributed by atoms with Crippen LogP contribution in [-0.4, -0.2) is 57.0 Å². The highest BCUT2D eigenvalue weighted by Crippen LogP contribution is 2.25. The SMILES string of the molecule is Cc1ccc(C)c(S(=O)(=O)CCSc2nnc(CN3CCCC3=O)n2-c2ccccn2)c1. The number of hydrogen-bond acceptors (Lipinski definition) is 7. The third-order valence-electron chi connectivity index (χ3n) is 5.34. The van der Waals surface area contributed by atoms with Gasteiger partial charge >= 0.3 is 0 Å². The summed E-state index contributed by atoms with van der Waals surface area (Å²) < 4.78 is 27.6. The highest BCUT2D eigenvalue weighted by atomic mass is 32.2. The molecule has 0 N–H and O–H groups in total. The van der Waals surface area contributed by atoms with Crippen LogP contribution < -0.4 is 0 Å². The van der Waals surface area contributed by atoms with Gasteiger partial charge in [-0.15, -0.1) is 10.2 Å². The van der Waals surface area contributed by atoms with Crippen LogP contribution in [0.5, 0.6) is 0 Å². The Kier molecular flexibility index (Phi) is 6.61. The zero-order chi connectivity index (χ0) is 22.7. The Hall–Kier alpha value is -2.72. The monoisotopic (exact) mass is 471 g/mol. The first kappa shape index (κ1) is 22.5. The minimum Gasteiger partial charge on any atom is -0.335 e. The number of carbonyl (C=O) groups is 1. The molecule has 10 heteroatoms. The fraction of sp³-hybridized carbons (Fsp3) is 0.364. The molecule has 0 unspecified atom stereocenters. The van der Waals surface area contributed by atoms with Gasteiger partial charge in [0.25, 0.3) is 0 Å². The Morgan fingerprint density at radius 2 is 1.97 bits per heavy atom. The fourth-order valence-corrected chi connectivity index (χ4v) is 6.61. The average molecular weight is 472 g/mol. The Bertz CT molecular complexity index is 1230. The summed E-state index contributed by atoms with van der Waals surface area (Å²) in [4.78, 5) is 18.6. The van der Waals surface area contributed by atoms with E-state index in [2.05, 4.69) is 15.2 Å². The first-order valence-corrected chi connectivity index (χ1v) is 13.1. The maximum absolute atomic E-state index is 12.9. The summed E-state index contributed by atoms with van der Waals surface area (Å²) >= 11 is 1.32. The van der Waals surface area contributed by atoms with Gasteiger partial charge in [-0.1, -0.05) is 30.0 Å². The molecule has 8 nitrogen and oxygen atoms in total. The Morgan fingerprint density at radius 3 is 2.69 bits per heavy atom. The Labute approximate surface area is 192 Å². The van der Waals surface area contributed by atoms with Crippen molar-refractivity contribution >= 4 is 27.5 Å². The van der Waals surface area contributed by atoms with Gasteiger partial charge in [0.15, 0.2) is 20.8 Å². The summed E-state index contributed by atoms with van der Waals surface area (Å²) in [7, 11) is -3.43. The van der Waals surface area contributed by atoms with Crippen molar-refractivity contribution < 1.29 is 13.2 Å². The minimum atomic E-state index is -3.43. The smallest absolute Gasteiger partial charge is 0.223 e. The number of thioether (sulfide) groups is 1. The molecule has 0 bridgehead atoms. The van der Waals surface area contributed by atoms with E-state index in [1.807, 2.05) is 44.2 Å². The largest absolute Gasteiger partial charge is 0.335 e. The number of carbonyl (C=O) groups excluding carboxylic acids is 1. The van der Waals surface area contributed by atoms with Gasteiger partial charge in [-0.05, 0) is 49.6 Å². The summed E-state index contributed by atoms with van der Waals surface area (Å²) in [5, 5.41) is 9.14. The number of nitrogens with zero attached hydrogens (tertiary/aromatic N) is 5. The molecule has 3 heterocycles. The van der Waals surface area contributed by atoms with Crippen LogP contribution >= 0.6 is 11.8 Å². The average Bonchev–Trinajstić information content (AvgIpc) is 3.36. The molecule has 1 saturated heterocycles. The molecule has 2 aromatic heterocycles. The number of benzene rings is 1. The van der Waals surface area contributed by atoms with Crippen LogP contribution in [0.15, 0.2) is 52.6 Å². The second-order valence-corrected chi connectivity index (χ2v) is 10.9. The van der Waals surface area contributed by atoms with Crippen molar-refractivity contribution in [3.8, 4) is 5.82 Å². The number of aromatic nitrogens is 4. The maximum Gasteiger partial charge on any atom is 0.223 e. The van der Waals surface area contributed by atoms with Crippen LogP contribution in [0.4, 0.5) is 0 Å². The molecule has 3 aromatic rings. The fourth-order valence-electron chi connectivity index (χ4n) is 3.65. The molecule has 4 rings (SSSR count). The molecule has 1 aromatic carbocycles. The van der Waals surface area contributed by atoms with Crippen molar-refractivity contribution in [2.45, 2.75) is 43.3 Å². The molecule has 1 fully saturated rings. The third kappa shape index (κ3) is 4.86. The summed E-state index contributed by atoms with van der Waals surface area (Å²) in [6, 6.07) is 11.0. The van der Waals surface area contributed by atoms with Crippen LogP contribution in [0.3, 0.4) is 0 Å². The standard InChI is InChI=1S/C22H25N5O3S2/c1-16-8-9-17(2)18(14-16)32(29,30)13-12-31-22-25-24-20(15-26-11-5-7-21(26)28)27(22)19-6-3-4-10-23-19/h3-4,6,8-10,14H,5,7,11-13,15H2,1-2H3. The van der Waals surface area contributed by atoms with Crippen molar-refractivity contribution in [2.24, 2.45) is 0 Å². The number of aryl methyl sites for hydroxylation is 2. The van der Waals surface area contributed by atoms with E-state index in [4.69, 9.17) is 0 Å². The zero-order valence-corrected chi connectivity index (χ0v) is 19.7. The Morgan fingerprint density at radius 1 is 1.12 bits per heavy atom. The number of pyridine rings is 1. The second-order valence-electron chi connectivity index (χ2n) is 7.78. The van der Waals surface area contributed by atoms with Gasteiger partial charge in [0, 0.05) is 24.9 Å². The molecule has 1 amide bonds. The molecule has 1 aliphatic rings. The van der Waals surface area contributed by atoms with Gasteiger partial charge in [0.05, 0.1) is 17.2 Å². The van der Waals surface area contributed by atoms with Gasteiger partial charge in [-0.2, -0.15) is 0 Å². The second kappa shape index (κ2) is 9.41. The van der Waals surface area contributed by atoms with E-state index in [0.717, 1.165) is 17.5 Å². The van der Waals surface area contributed by atoms with Gasteiger partial charge in [0.2, 0.25) is 5.91 Å². The lowest BCUT2D eigenvalue weighted by Gasteiger charge is -2.16. The number of amides is 1. The molecule has 0 aliphatic carbocycles. The molecule has 168 valence electrons. The van der Waals surface area contributed by atoms with Gasteiger partial charge in [-0.25, -0.2) is 13.4 Å². The molecule has 0 radical (unpaired) electrons. The summed E-state index contributed by atoms with van der Waals surface area (Å²) in [6.45, 7) is 4.74. The quantitative estimate of drug-likeness (QED) is 0.466. The van der Waals surface area contributed by atoms with Crippen LogP contribution in [-0.2, 0) is 21.2 Å². The molecule has 32 heavy (non-hydrogen) atoms. The zero-order valence-electron chi connectivity index (χ0n) is 18.1. The molecule has 0 atom stereocenters. The van der Waals surface area contributed by atoms with Gasteiger partial charge in [-0.3, -0.25) is 9.36 Å². The lowest BCUT2D eigenvalue weighted by atomic mass is 10.2. The van der Waals surface area contributed by atoms with Crippen molar-refractivity contribution in [1.82, 2.24) is 24.6 Å². The lowest BCUT2D eigenvalue weighted by molar-refractivity contribution is -0.128. The topological polar surface area (TPSA) is 98.0 Å². The van der Waals surface area contributed by atoms with E-state index < -0.39 is 9.84 Å². The van der Waals surface area contributed by atoms with E-state index in [-0.39, 0.29) is 11.7 Å². The first-order valence-electron chi connectivity index (χ1n) is 10.4. The minimum absolute atomic E-state index is 0.0169.